The number of pyridine rings is 1. The minimum absolute atomic E-state index is 0.287. The Labute approximate surface area is 103 Å². The molecular formula is C15H20N2. The Balaban J connectivity index is 2.43. The molecule has 0 aromatic carbocycles. The SMILES string of the molecule is Cc1ccn(-c2ccccn2)c1CC(C)(C)C. The van der Waals surface area contributed by atoms with Gasteiger partial charge in [0, 0.05) is 18.1 Å². The summed E-state index contributed by atoms with van der Waals surface area (Å²) in [6, 6.07) is 8.18. The van der Waals surface area contributed by atoms with Crippen molar-refractivity contribution in [2.75, 3.05) is 0 Å². The highest BCUT2D eigenvalue weighted by molar-refractivity contribution is 5.32. The van der Waals surface area contributed by atoms with Gasteiger partial charge in [0.1, 0.15) is 5.82 Å². The molecule has 2 aromatic heterocycles. The second-order valence-corrected chi connectivity index (χ2v) is 5.74. The first-order chi connectivity index (χ1) is 7.97. The summed E-state index contributed by atoms with van der Waals surface area (Å²) >= 11 is 0. The second kappa shape index (κ2) is 4.36. The van der Waals surface area contributed by atoms with Gasteiger partial charge in [0.25, 0.3) is 0 Å². The van der Waals surface area contributed by atoms with Crippen LogP contribution in [0, 0.1) is 12.3 Å². The van der Waals surface area contributed by atoms with Crippen LogP contribution in [0.25, 0.3) is 5.82 Å². The minimum atomic E-state index is 0.287. The lowest BCUT2D eigenvalue weighted by atomic mass is 9.89. The van der Waals surface area contributed by atoms with Gasteiger partial charge in [0.15, 0.2) is 0 Å². The van der Waals surface area contributed by atoms with E-state index >= 15 is 0 Å². The Hall–Kier alpha value is -1.57. The van der Waals surface area contributed by atoms with Crippen molar-refractivity contribution in [2.24, 2.45) is 5.41 Å². The van der Waals surface area contributed by atoms with E-state index in [9.17, 15) is 0 Å². The molecule has 0 saturated carbocycles. The molecule has 2 aromatic rings. The number of hydrogen-bond donors (Lipinski definition) is 0. The standard InChI is InChI=1S/C15H20N2/c1-12-8-10-17(13(12)11-15(2,3)4)14-7-5-6-9-16-14/h5-10H,11H2,1-4H3. The van der Waals surface area contributed by atoms with Gasteiger partial charge < -0.3 is 4.57 Å². The lowest BCUT2D eigenvalue weighted by molar-refractivity contribution is 0.402. The third-order valence-electron chi connectivity index (χ3n) is 2.81. The Morgan fingerprint density at radius 2 is 1.94 bits per heavy atom. The van der Waals surface area contributed by atoms with Gasteiger partial charge in [-0.25, -0.2) is 4.98 Å². The monoisotopic (exact) mass is 228 g/mol. The van der Waals surface area contributed by atoms with E-state index in [1.807, 2.05) is 24.4 Å². The van der Waals surface area contributed by atoms with Crippen LogP contribution in [0.2, 0.25) is 0 Å². The van der Waals surface area contributed by atoms with Gasteiger partial charge in [-0.15, -0.1) is 0 Å². The molecular weight excluding hydrogens is 208 g/mol. The first kappa shape index (κ1) is 11.9. The minimum Gasteiger partial charge on any atom is -0.305 e. The van der Waals surface area contributed by atoms with Crippen molar-refractivity contribution in [1.82, 2.24) is 9.55 Å². The Morgan fingerprint density at radius 1 is 1.18 bits per heavy atom. The van der Waals surface area contributed by atoms with Gasteiger partial charge in [-0.2, -0.15) is 0 Å². The molecule has 0 aliphatic carbocycles. The number of hydrogen-bond acceptors (Lipinski definition) is 1. The zero-order valence-corrected chi connectivity index (χ0v) is 11.1. The number of rotatable bonds is 2. The van der Waals surface area contributed by atoms with E-state index in [2.05, 4.69) is 49.5 Å². The van der Waals surface area contributed by atoms with Crippen molar-refractivity contribution >= 4 is 0 Å². The van der Waals surface area contributed by atoms with Crippen molar-refractivity contribution < 1.29 is 0 Å². The third-order valence-corrected chi connectivity index (χ3v) is 2.81. The van der Waals surface area contributed by atoms with Gasteiger partial charge in [0.2, 0.25) is 0 Å². The molecule has 17 heavy (non-hydrogen) atoms. The summed E-state index contributed by atoms with van der Waals surface area (Å²) in [5.74, 6) is 1.000. The van der Waals surface area contributed by atoms with Gasteiger partial charge in [0.05, 0.1) is 0 Å². The molecule has 0 unspecified atom stereocenters. The summed E-state index contributed by atoms with van der Waals surface area (Å²) in [5.41, 5.74) is 2.98. The summed E-state index contributed by atoms with van der Waals surface area (Å²) in [6.45, 7) is 8.97. The lowest BCUT2D eigenvalue weighted by Gasteiger charge is -2.20. The van der Waals surface area contributed by atoms with Crippen LogP contribution in [0.1, 0.15) is 32.0 Å². The van der Waals surface area contributed by atoms with E-state index in [0.29, 0.717) is 0 Å². The van der Waals surface area contributed by atoms with Crippen LogP contribution in [-0.2, 0) is 6.42 Å². The molecule has 90 valence electrons. The van der Waals surface area contributed by atoms with Crippen LogP contribution in [0.15, 0.2) is 36.7 Å². The van der Waals surface area contributed by atoms with Crippen molar-refractivity contribution in [1.29, 1.82) is 0 Å². The maximum atomic E-state index is 4.42. The number of aromatic nitrogens is 2. The third kappa shape index (κ3) is 2.76. The topological polar surface area (TPSA) is 17.8 Å². The summed E-state index contributed by atoms with van der Waals surface area (Å²) in [6.07, 6.45) is 5.01. The summed E-state index contributed by atoms with van der Waals surface area (Å²) in [5, 5.41) is 0. The average molecular weight is 228 g/mol. The number of aryl methyl sites for hydroxylation is 1. The molecule has 0 aliphatic rings. The smallest absolute Gasteiger partial charge is 0.136 e. The maximum Gasteiger partial charge on any atom is 0.136 e. The summed E-state index contributed by atoms with van der Waals surface area (Å²) in [4.78, 5) is 4.42. The zero-order valence-electron chi connectivity index (χ0n) is 11.1. The van der Waals surface area contributed by atoms with Crippen LogP contribution in [0.3, 0.4) is 0 Å². The van der Waals surface area contributed by atoms with E-state index in [-0.39, 0.29) is 5.41 Å². The molecule has 2 nitrogen and oxygen atoms in total. The molecule has 2 heteroatoms. The summed E-state index contributed by atoms with van der Waals surface area (Å²) in [7, 11) is 0. The molecule has 0 bridgehead atoms. The fourth-order valence-corrected chi connectivity index (χ4v) is 2.00. The summed E-state index contributed by atoms with van der Waals surface area (Å²) < 4.78 is 2.20. The molecule has 0 amide bonds. The highest BCUT2D eigenvalue weighted by Gasteiger charge is 2.17. The molecule has 0 atom stereocenters. The number of nitrogens with zero attached hydrogens (tertiary/aromatic N) is 2. The highest BCUT2D eigenvalue weighted by atomic mass is 15.1. The van der Waals surface area contributed by atoms with E-state index in [1.54, 1.807) is 0 Å². The van der Waals surface area contributed by atoms with E-state index in [0.717, 1.165) is 12.2 Å². The van der Waals surface area contributed by atoms with Crippen LogP contribution in [0.5, 0.6) is 0 Å². The zero-order chi connectivity index (χ0) is 12.5. The predicted molar refractivity (Wildman–Crippen MR) is 71.5 cm³/mol. The van der Waals surface area contributed by atoms with Crippen molar-refractivity contribution in [3.05, 3.63) is 47.9 Å². The molecule has 0 aliphatic heterocycles. The Bertz CT molecular complexity index is 489. The Kier molecular flexibility index (Phi) is 3.05. The van der Waals surface area contributed by atoms with Crippen LogP contribution in [0.4, 0.5) is 0 Å². The quantitative estimate of drug-likeness (QED) is 0.765. The fourth-order valence-electron chi connectivity index (χ4n) is 2.00. The van der Waals surface area contributed by atoms with E-state index in [1.165, 1.54) is 11.3 Å². The van der Waals surface area contributed by atoms with Gasteiger partial charge >= 0.3 is 0 Å². The van der Waals surface area contributed by atoms with Crippen molar-refractivity contribution in [2.45, 2.75) is 34.1 Å². The lowest BCUT2D eigenvalue weighted by Crippen LogP contribution is -2.13. The van der Waals surface area contributed by atoms with Crippen molar-refractivity contribution in [3.63, 3.8) is 0 Å². The predicted octanol–water partition coefficient (Wildman–Crippen LogP) is 3.77. The van der Waals surface area contributed by atoms with Crippen LogP contribution >= 0.6 is 0 Å². The van der Waals surface area contributed by atoms with Gasteiger partial charge in [-0.1, -0.05) is 26.8 Å². The normalized spacial score (nSPS) is 11.8. The van der Waals surface area contributed by atoms with Crippen LogP contribution < -0.4 is 0 Å². The highest BCUT2D eigenvalue weighted by Crippen LogP contribution is 2.25. The molecule has 0 radical (unpaired) electrons. The molecule has 0 N–H and O–H groups in total. The van der Waals surface area contributed by atoms with Crippen LogP contribution in [-0.4, -0.2) is 9.55 Å². The van der Waals surface area contributed by atoms with Gasteiger partial charge in [-0.05, 0) is 42.5 Å². The molecule has 2 rings (SSSR count). The fraction of sp³-hybridized carbons (Fsp3) is 0.400. The van der Waals surface area contributed by atoms with Gasteiger partial charge in [-0.3, -0.25) is 0 Å². The second-order valence-electron chi connectivity index (χ2n) is 5.74. The van der Waals surface area contributed by atoms with Crippen molar-refractivity contribution in [3.8, 4) is 5.82 Å². The average Bonchev–Trinajstić information content (AvgIpc) is 2.60. The maximum absolute atomic E-state index is 4.42. The molecule has 0 saturated heterocycles. The first-order valence-electron chi connectivity index (χ1n) is 6.06. The largest absolute Gasteiger partial charge is 0.305 e. The molecule has 0 spiro atoms. The Morgan fingerprint density at radius 3 is 2.53 bits per heavy atom. The van der Waals surface area contributed by atoms with E-state index in [4.69, 9.17) is 0 Å². The molecule has 2 heterocycles. The molecule has 0 fully saturated rings. The van der Waals surface area contributed by atoms with E-state index < -0.39 is 0 Å². The first-order valence-corrected chi connectivity index (χ1v) is 6.06.